The van der Waals surface area contributed by atoms with Crippen molar-refractivity contribution in [2.45, 2.75) is 37.7 Å². The molecule has 1 saturated carbocycles. The molecule has 1 aromatic carbocycles. The summed E-state index contributed by atoms with van der Waals surface area (Å²) in [5.41, 5.74) is 1.48. The van der Waals surface area contributed by atoms with Crippen LogP contribution in [0.15, 0.2) is 24.3 Å². The van der Waals surface area contributed by atoms with Crippen LogP contribution >= 0.6 is 11.6 Å². The van der Waals surface area contributed by atoms with E-state index in [1.54, 1.807) is 31.2 Å². The second-order valence-electron chi connectivity index (χ2n) is 4.81. The van der Waals surface area contributed by atoms with E-state index < -0.39 is 6.04 Å². The van der Waals surface area contributed by atoms with Crippen molar-refractivity contribution >= 4 is 23.4 Å². The zero-order valence-electron chi connectivity index (χ0n) is 10.8. The van der Waals surface area contributed by atoms with Gasteiger partial charge in [0.2, 0.25) is 5.91 Å². The van der Waals surface area contributed by atoms with Gasteiger partial charge in [-0.2, -0.15) is 0 Å². The average molecular weight is 281 g/mol. The van der Waals surface area contributed by atoms with Gasteiger partial charge in [0.15, 0.2) is 0 Å². The summed E-state index contributed by atoms with van der Waals surface area (Å²) in [6.45, 7) is 1.68. The molecular formula is C14H17ClN2O2. The zero-order chi connectivity index (χ0) is 13.8. The van der Waals surface area contributed by atoms with Gasteiger partial charge in [0, 0.05) is 17.5 Å². The van der Waals surface area contributed by atoms with Crippen molar-refractivity contribution in [3.05, 3.63) is 35.4 Å². The molecule has 1 atom stereocenters. The van der Waals surface area contributed by atoms with Crippen LogP contribution in [-0.2, 0) is 10.7 Å². The van der Waals surface area contributed by atoms with E-state index in [1.165, 1.54) is 0 Å². The van der Waals surface area contributed by atoms with Crippen LogP contribution in [0.4, 0.5) is 0 Å². The summed E-state index contributed by atoms with van der Waals surface area (Å²) in [6.07, 6.45) is 2.07. The summed E-state index contributed by atoms with van der Waals surface area (Å²) in [4.78, 5) is 23.7. The highest BCUT2D eigenvalue weighted by atomic mass is 35.5. The van der Waals surface area contributed by atoms with Gasteiger partial charge in [-0.25, -0.2) is 0 Å². The summed E-state index contributed by atoms with van der Waals surface area (Å²) in [5.74, 6) is 0.0371. The number of halogens is 1. The topological polar surface area (TPSA) is 58.2 Å². The van der Waals surface area contributed by atoms with Crippen molar-refractivity contribution in [2.24, 2.45) is 0 Å². The van der Waals surface area contributed by atoms with Gasteiger partial charge >= 0.3 is 0 Å². The SMILES string of the molecule is CC(NC(=O)c1ccc(CCl)cc1)C(=O)NC1CC1. The molecule has 19 heavy (non-hydrogen) atoms. The highest BCUT2D eigenvalue weighted by molar-refractivity contribution is 6.17. The third-order valence-corrected chi connectivity index (χ3v) is 3.34. The van der Waals surface area contributed by atoms with Crippen LogP contribution in [0.3, 0.4) is 0 Å². The number of benzene rings is 1. The van der Waals surface area contributed by atoms with E-state index >= 15 is 0 Å². The fourth-order valence-electron chi connectivity index (χ4n) is 1.64. The lowest BCUT2D eigenvalue weighted by Gasteiger charge is -2.13. The summed E-state index contributed by atoms with van der Waals surface area (Å²) >= 11 is 5.69. The molecule has 2 N–H and O–H groups in total. The lowest BCUT2D eigenvalue weighted by molar-refractivity contribution is -0.122. The van der Waals surface area contributed by atoms with E-state index in [4.69, 9.17) is 11.6 Å². The lowest BCUT2D eigenvalue weighted by atomic mass is 10.1. The van der Waals surface area contributed by atoms with Gasteiger partial charge in [-0.1, -0.05) is 12.1 Å². The molecule has 1 aliphatic carbocycles. The molecule has 0 spiro atoms. The minimum absolute atomic E-state index is 0.131. The molecule has 102 valence electrons. The third kappa shape index (κ3) is 3.96. The number of hydrogen-bond acceptors (Lipinski definition) is 2. The molecule has 0 aliphatic heterocycles. The molecule has 0 saturated heterocycles. The second-order valence-corrected chi connectivity index (χ2v) is 5.08. The maximum absolute atomic E-state index is 11.9. The second kappa shape index (κ2) is 6.06. The number of alkyl halides is 1. The molecule has 0 aromatic heterocycles. The first-order valence-corrected chi connectivity index (χ1v) is 6.89. The van der Waals surface area contributed by atoms with Crippen LogP contribution in [0.5, 0.6) is 0 Å². The van der Waals surface area contributed by atoms with Gasteiger partial charge in [-0.3, -0.25) is 9.59 Å². The quantitative estimate of drug-likeness (QED) is 0.809. The standard InChI is InChI=1S/C14H17ClN2O2/c1-9(13(18)17-12-6-7-12)16-14(19)11-4-2-10(8-15)3-5-11/h2-5,9,12H,6-8H2,1H3,(H,16,19)(H,17,18). The average Bonchev–Trinajstić information content (AvgIpc) is 3.22. The Labute approximate surface area is 117 Å². The Balaban J connectivity index is 1.89. The predicted octanol–water partition coefficient (Wildman–Crippen LogP) is 1.82. The largest absolute Gasteiger partial charge is 0.352 e. The Hall–Kier alpha value is -1.55. The summed E-state index contributed by atoms with van der Waals surface area (Å²) in [7, 11) is 0. The molecule has 2 rings (SSSR count). The number of carbonyl (C=O) groups excluding carboxylic acids is 2. The first kappa shape index (κ1) is 13.9. The van der Waals surface area contributed by atoms with Crippen LogP contribution in [-0.4, -0.2) is 23.9 Å². The van der Waals surface area contributed by atoms with E-state index in [0.717, 1.165) is 18.4 Å². The summed E-state index contributed by atoms with van der Waals surface area (Å²) < 4.78 is 0. The van der Waals surface area contributed by atoms with E-state index in [-0.39, 0.29) is 11.8 Å². The van der Waals surface area contributed by atoms with Crippen LogP contribution in [0.25, 0.3) is 0 Å². The highest BCUT2D eigenvalue weighted by Gasteiger charge is 2.26. The van der Waals surface area contributed by atoms with Crippen molar-refractivity contribution in [3.8, 4) is 0 Å². The highest BCUT2D eigenvalue weighted by Crippen LogP contribution is 2.18. The van der Waals surface area contributed by atoms with E-state index in [1.807, 2.05) is 0 Å². The summed E-state index contributed by atoms with van der Waals surface area (Å²) in [6, 6.07) is 6.79. The van der Waals surface area contributed by atoms with Crippen LogP contribution in [0, 0.1) is 0 Å². The molecule has 1 aromatic rings. The van der Waals surface area contributed by atoms with Crippen molar-refractivity contribution in [1.29, 1.82) is 0 Å². The van der Waals surface area contributed by atoms with Gasteiger partial charge in [0.05, 0.1) is 0 Å². The number of rotatable bonds is 5. The van der Waals surface area contributed by atoms with Crippen molar-refractivity contribution in [3.63, 3.8) is 0 Å². The predicted molar refractivity (Wildman–Crippen MR) is 74.1 cm³/mol. The third-order valence-electron chi connectivity index (χ3n) is 3.04. The minimum Gasteiger partial charge on any atom is -0.352 e. The van der Waals surface area contributed by atoms with E-state index in [0.29, 0.717) is 17.5 Å². The van der Waals surface area contributed by atoms with Crippen molar-refractivity contribution < 1.29 is 9.59 Å². The smallest absolute Gasteiger partial charge is 0.251 e. The molecule has 1 unspecified atom stereocenters. The molecular weight excluding hydrogens is 264 g/mol. The maximum atomic E-state index is 11.9. The zero-order valence-corrected chi connectivity index (χ0v) is 11.5. The van der Waals surface area contributed by atoms with Crippen LogP contribution in [0.2, 0.25) is 0 Å². The van der Waals surface area contributed by atoms with Gasteiger partial charge in [-0.05, 0) is 37.5 Å². The molecule has 1 aliphatic rings. The van der Waals surface area contributed by atoms with Crippen molar-refractivity contribution in [1.82, 2.24) is 10.6 Å². The van der Waals surface area contributed by atoms with Crippen LogP contribution < -0.4 is 10.6 Å². The van der Waals surface area contributed by atoms with E-state index in [9.17, 15) is 9.59 Å². The Bertz CT molecular complexity index is 469. The first-order chi connectivity index (χ1) is 9.10. The Morgan fingerprint density at radius 1 is 1.32 bits per heavy atom. The molecule has 4 nitrogen and oxygen atoms in total. The van der Waals surface area contributed by atoms with Gasteiger partial charge in [-0.15, -0.1) is 11.6 Å². The Morgan fingerprint density at radius 2 is 1.95 bits per heavy atom. The Morgan fingerprint density at radius 3 is 2.47 bits per heavy atom. The summed E-state index contributed by atoms with van der Waals surface area (Å²) in [5, 5.41) is 5.54. The van der Waals surface area contributed by atoms with Crippen molar-refractivity contribution in [2.75, 3.05) is 0 Å². The van der Waals surface area contributed by atoms with Gasteiger partial charge in [0.1, 0.15) is 6.04 Å². The monoisotopic (exact) mass is 280 g/mol. The molecule has 0 heterocycles. The molecule has 1 fully saturated rings. The number of hydrogen-bond donors (Lipinski definition) is 2. The first-order valence-electron chi connectivity index (χ1n) is 6.36. The van der Waals surface area contributed by atoms with Crippen LogP contribution in [0.1, 0.15) is 35.7 Å². The normalized spacial score (nSPS) is 15.7. The fraction of sp³-hybridized carbons (Fsp3) is 0.429. The number of amides is 2. The van der Waals surface area contributed by atoms with E-state index in [2.05, 4.69) is 10.6 Å². The van der Waals surface area contributed by atoms with Gasteiger partial charge < -0.3 is 10.6 Å². The van der Waals surface area contributed by atoms with Gasteiger partial charge in [0.25, 0.3) is 5.91 Å². The lowest BCUT2D eigenvalue weighted by Crippen LogP contribution is -2.45. The Kier molecular flexibility index (Phi) is 4.43. The number of nitrogens with one attached hydrogen (secondary N) is 2. The molecule has 5 heteroatoms. The molecule has 0 bridgehead atoms. The maximum Gasteiger partial charge on any atom is 0.251 e. The molecule has 0 radical (unpaired) electrons. The minimum atomic E-state index is -0.527. The number of carbonyl (C=O) groups is 2. The fourth-order valence-corrected chi connectivity index (χ4v) is 1.82. The molecule has 2 amide bonds.